The molecule has 0 saturated heterocycles. The molecule has 78 valence electrons. The molecule has 1 N–H and O–H groups in total. The van der Waals surface area contributed by atoms with Crippen LogP contribution >= 0.6 is 0 Å². The zero-order chi connectivity index (χ0) is 11.1. The third kappa shape index (κ3) is 3.74. The first-order valence-electron chi connectivity index (χ1n) is 4.72. The van der Waals surface area contributed by atoms with Gasteiger partial charge in [0.25, 0.3) is 0 Å². The first-order valence-corrected chi connectivity index (χ1v) is 4.72. The van der Waals surface area contributed by atoms with E-state index >= 15 is 0 Å². The molecule has 1 amide bonds. The number of rotatable bonds is 4. The summed E-state index contributed by atoms with van der Waals surface area (Å²) in [7, 11) is 0. The second kappa shape index (κ2) is 5.71. The van der Waals surface area contributed by atoms with Crippen molar-refractivity contribution in [3.8, 4) is 18.1 Å². The van der Waals surface area contributed by atoms with Crippen LogP contribution in [0.3, 0.4) is 0 Å². The molecule has 0 aliphatic carbocycles. The summed E-state index contributed by atoms with van der Waals surface area (Å²) < 4.78 is 5.22. The third-order valence-electron chi connectivity index (χ3n) is 1.76. The van der Waals surface area contributed by atoms with Crippen LogP contribution in [0.4, 0.5) is 5.69 Å². The van der Waals surface area contributed by atoms with Gasteiger partial charge in [0.2, 0.25) is 5.91 Å². The molecule has 0 spiro atoms. The van der Waals surface area contributed by atoms with Gasteiger partial charge in [0, 0.05) is 18.2 Å². The summed E-state index contributed by atoms with van der Waals surface area (Å²) in [5.74, 6) is 3.01. The third-order valence-corrected chi connectivity index (χ3v) is 1.76. The minimum absolute atomic E-state index is 0.0240. The molecule has 15 heavy (non-hydrogen) atoms. The Bertz CT molecular complexity index is 379. The standard InChI is InChI=1S/C12H13NO2/c1-3-8-15-11-7-5-6-10(9-11)13-12(14)4-2/h1,5-7,9H,4,8H2,2H3,(H,13,14). The Labute approximate surface area is 89.4 Å². The van der Waals surface area contributed by atoms with Crippen LogP contribution in [0, 0.1) is 12.3 Å². The number of carbonyl (C=O) groups is 1. The molecule has 0 bridgehead atoms. The van der Waals surface area contributed by atoms with E-state index in [1.165, 1.54) is 0 Å². The minimum atomic E-state index is -0.0240. The Hall–Kier alpha value is -1.95. The number of terminal acetylenes is 1. The summed E-state index contributed by atoms with van der Waals surface area (Å²) in [6, 6.07) is 7.14. The normalized spacial score (nSPS) is 9.07. The SMILES string of the molecule is C#CCOc1cccc(NC(=O)CC)c1. The van der Waals surface area contributed by atoms with Crippen molar-refractivity contribution in [3.05, 3.63) is 24.3 Å². The number of ether oxygens (including phenoxy) is 1. The van der Waals surface area contributed by atoms with Gasteiger partial charge in [-0.2, -0.15) is 0 Å². The van der Waals surface area contributed by atoms with E-state index in [-0.39, 0.29) is 12.5 Å². The predicted octanol–water partition coefficient (Wildman–Crippen LogP) is 2.05. The van der Waals surface area contributed by atoms with Gasteiger partial charge in [-0.1, -0.05) is 18.9 Å². The molecule has 3 heteroatoms. The van der Waals surface area contributed by atoms with Gasteiger partial charge < -0.3 is 10.1 Å². The molecule has 3 nitrogen and oxygen atoms in total. The number of anilines is 1. The maximum Gasteiger partial charge on any atom is 0.224 e. The Morgan fingerprint density at radius 3 is 3.07 bits per heavy atom. The van der Waals surface area contributed by atoms with Gasteiger partial charge in [0.05, 0.1) is 0 Å². The van der Waals surface area contributed by atoms with Crippen molar-refractivity contribution in [1.29, 1.82) is 0 Å². The van der Waals surface area contributed by atoms with Crippen LogP contribution in [0.5, 0.6) is 5.75 Å². The molecule has 0 fully saturated rings. The second-order valence-electron chi connectivity index (χ2n) is 2.92. The number of hydrogen-bond acceptors (Lipinski definition) is 2. The van der Waals surface area contributed by atoms with Crippen LogP contribution in [0.1, 0.15) is 13.3 Å². The predicted molar refractivity (Wildman–Crippen MR) is 59.7 cm³/mol. The van der Waals surface area contributed by atoms with Crippen LogP contribution in [-0.2, 0) is 4.79 Å². The Morgan fingerprint density at radius 1 is 1.60 bits per heavy atom. The topological polar surface area (TPSA) is 38.3 Å². The molecule has 0 aliphatic rings. The lowest BCUT2D eigenvalue weighted by Crippen LogP contribution is -2.09. The first kappa shape index (κ1) is 11.1. The summed E-state index contributed by atoms with van der Waals surface area (Å²) in [6.45, 7) is 2.03. The number of carbonyl (C=O) groups excluding carboxylic acids is 1. The molecule has 0 unspecified atom stereocenters. The molecule has 0 heterocycles. The van der Waals surface area contributed by atoms with Gasteiger partial charge in [-0.25, -0.2) is 0 Å². The van der Waals surface area contributed by atoms with E-state index in [2.05, 4.69) is 11.2 Å². The summed E-state index contributed by atoms with van der Waals surface area (Å²) in [6.07, 6.45) is 5.53. The van der Waals surface area contributed by atoms with Crippen LogP contribution in [0.25, 0.3) is 0 Å². The second-order valence-corrected chi connectivity index (χ2v) is 2.92. The van der Waals surface area contributed by atoms with E-state index < -0.39 is 0 Å². The first-order chi connectivity index (χ1) is 7.26. The van der Waals surface area contributed by atoms with E-state index in [1.54, 1.807) is 31.2 Å². The van der Waals surface area contributed by atoms with Crippen molar-refractivity contribution in [2.75, 3.05) is 11.9 Å². The number of nitrogens with one attached hydrogen (secondary N) is 1. The van der Waals surface area contributed by atoms with E-state index in [9.17, 15) is 4.79 Å². The fourth-order valence-corrected chi connectivity index (χ4v) is 1.04. The quantitative estimate of drug-likeness (QED) is 0.760. The molecule has 1 aromatic rings. The maximum atomic E-state index is 11.1. The van der Waals surface area contributed by atoms with Crippen LogP contribution < -0.4 is 10.1 Å². The average molecular weight is 203 g/mol. The minimum Gasteiger partial charge on any atom is -0.481 e. The van der Waals surface area contributed by atoms with Gasteiger partial charge in [0.1, 0.15) is 12.4 Å². The average Bonchev–Trinajstić information content (AvgIpc) is 2.26. The zero-order valence-electron chi connectivity index (χ0n) is 8.62. The molecule has 0 radical (unpaired) electrons. The van der Waals surface area contributed by atoms with E-state index in [0.29, 0.717) is 12.2 Å². The van der Waals surface area contributed by atoms with E-state index in [0.717, 1.165) is 5.69 Å². The van der Waals surface area contributed by atoms with Crippen molar-refractivity contribution in [2.24, 2.45) is 0 Å². The highest BCUT2D eigenvalue weighted by atomic mass is 16.5. The number of hydrogen-bond donors (Lipinski definition) is 1. The van der Waals surface area contributed by atoms with Gasteiger partial charge in [0.15, 0.2) is 0 Å². The summed E-state index contributed by atoms with van der Waals surface area (Å²) in [5, 5.41) is 2.74. The molecule has 1 rings (SSSR count). The van der Waals surface area contributed by atoms with Crippen molar-refractivity contribution in [2.45, 2.75) is 13.3 Å². The molecule has 0 saturated carbocycles. The fraction of sp³-hybridized carbons (Fsp3) is 0.250. The molecule has 0 aliphatic heterocycles. The molecular weight excluding hydrogens is 190 g/mol. The molecular formula is C12H13NO2. The summed E-state index contributed by atoms with van der Waals surface area (Å²) in [4.78, 5) is 11.1. The highest BCUT2D eigenvalue weighted by molar-refractivity contribution is 5.90. The largest absolute Gasteiger partial charge is 0.481 e. The lowest BCUT2D eigenvalue weighted by molar-refractivity contribution is -0.115. The molecule has 0 atom stereocenters. The zero-order valence-corrected chi connectivity index (χ0v) is 8.62. The van der Waals surface area contributed by atoms with E-state index in [1.807, 2.05) is 0 Å². The van der Waals surface area contributed by atoms with Crippen molar-refractivity contribution in [1.82, 2.24) is 0 Å². The van der Waals surface area contributed by atoms with Crippen LogP contribution in [0.15, 0.2) is 24.3 Å². The summed E-state index contributed by atoms with van der Waals surface area (Å²) in [5.41, 5.74) is 0.719. The van der Waals surface area contributed by atoms with Crippen LogP contribution in [0.2, 0.25) is 0 Å². The number of benzene rings is 1. The Morgan fingerprint density at radius 2 is 2.40 bits per heavy atom. The molecule has 0 aromatic heterocycles. The maximum absolute atomic E-state index is 11.1. The van der Waals surface area contributed by atoms with E-state index in [4.69, 9.17) is 11.2 Å². The van der Waals surface area contributed by atoms with Crippen molar-refractivity contribution < 1.29 is 9.53 Å². The molecule has 1 aromatic carbocycles. The monoisotopic (exact) mass is 203 g/mol. The number of amides is 1. The van der Waals surface area contributed by atoms with Gasteiger partial charge >= 0.3 is 0 Å². The van der Waals surface area contributed by atoms with Gasteiger partial charge in [-0.05, 0) is 12.1 Å². The fourth-order valence-electron chi connectivity index (χ4n) is 1.04. The van der Waals surface area contributed by atoms with Gasteiger partial charge in [-0.15, -0.1) is 6.42 Å². The van der Waals surface area contributed by atoms with Gasteiger partial charge in [-0.3, -0.25) is 4.79 Å². The lowest BCUT2D eigenvalue weighted by atomic mass is 10.3. The van der Waals surface area contributed by atoms with Crippen molar-refractivity contribution >= 4 is 11.6 Å². The smallest absolute Gasteiger partial charge is 0.224 e. The highest BCUT2D eigenvalue weighted by Crippen LogP contribution is 2.17. The summed E-state index contributed by atoms with van der Waals surface area (Å²) >= 11 is 0. The Kier molecular flexibility index (Phi) is 4.24. The highest BCUT2D eigenvalue weighted by Gasteiger charge is 1.99. The lowest BCUT2D eigenvalue weighted by Gasteiger charge is -2.06. The Balaban J connectivity index is 2.66. The van der Waals surface area contributed by atoms with Crippen molar-refractivity contribution in [3.63, 3.8) is 0 Å². The van der Waals surface area contributed by atoms with Crippen LogP contribution in [-0.4, -0.2) is 12.5 Å².